The first-order chi connectivity index (χ1) is 11.3. The molecule has 1 aromatic rings. The molecule has 0 saturated heterocycles. The smallest absolute Gasteiger partial charge is 0.408 e. The number of carboxylic acid groups (broad SMARTS) is 1. The molecule has 2 atom stereocenters. The Morgan fingerprint density at radius 3 is 2.38 bits per heavy atom. The lowest BCUT2D eigenvalue weighted by Crippen LogP contribution is -2.58. The summed E-state index contributed by atoms with van der Waals surface area (Å²) in [7, 11) is 0. The monoisotopic (exact) mass is 336 g/mol. The summed E-state index contributed by atoms with van der Waals surface area (Å²) in [6.45, 7) is 8.90. The molecular weight excluding hydrogens is 304 g/mol. The predicted octanol–water partition coefficient (Wildman–Crippen LogP) is 3.13. The molecule has 0 fully saturated rings. The summed E-state index contributed by atoms with van der Waals surface area (Å²) in [5.74, 6) is 0. The maximum atomic E-state index is 11.9. The number of unbranched alkanes of at least 4 members (excludes halogenated alkanes) is 1. The van der Waals surface area contributed by atoms with Gasteiger partial charge in [-0.05, 0) is 45.7 Å². The second-order valence-electron chi connectivity index (χ2n) is 7.21. The van der Waals surface area contributed by atoms with Crippen LogP contribution in [-0.4, -0.2) is 52.0 Å². The highest BCUT2D eigenvalue weighted by Crippen LogP contribution is 2.22. The standard InChI is InChI=1S/C19H32N2O3/c1-5-6-12-20-14-17(22)16(13-15-10-8-7-9-11-15)21(18(23)24)19(2,3)4/h7-11,16-17,20,22H,5-6,12-14H2,1-4H3,(H,23,24)/t16-,17-/m0/s1. The van der Waals surface area contributed by atoms with Crippen molar-refractivity contribution in [1.29, 1.82) is 0 Å². The number of nitrogens with one attached hydrogen (secondary N) is 1. The number of hydrogen-bond donors (Lipinski definition) is 3. The van der Waals surface area contributed by atoms with Crippen LogP contribution in [0.25, 0.3) is 0 Å². The van der Waals surface area contributed by atoms with E-state index in [4.69, 9.17) is 0 Å². The van der Waals surface area contributed by atoms with E-state index in [1.54, 1.807) is 0 Å². The van der Waals surface area contributed by atoms with E-state index in [1.165, 1.54) is 4.90 Å². The molecule has 0 bridgehead atoms. The molecule has 5 heteroatoms. The summed E-state index contributed by atoms with van der Waals surface area (Å²) < 4.78 is 0. The van der Waals surface area contributed by atoms with Crippen LogP contribution in [0.5, 0.6) is 0 Å². The van der Waals surface area contributed by atoms with E-state index in [9.17, 15) is 15.0 Å². The Morgan fingerprint density at radius 1 is 1.25 bits per heavy atom. The van der Waals surface area contributed by atoms with Crippen LogP contribution in [0.2, 0.25) is 0 Å². The molecule has 0 spiro atoms. The van der Waals surface area contributed by atoms with Gasteiger partial charge in [-0.2, -0.15) is 0 Å². The van der Waals surface area contributed by atoms with Gasteiger partial charge in [0.1, 0.15) is 0 Å². The Labute approximate surface area is 145 Å². The van der Waals surface area contributed by atoms with E-state index in [0.717, 1.165) is 24.9 Å². The lowest BCUT2D eigenvalue weighted by atomic mass is 9.94. The van der Waals surface area contributed by atoms with Gasteiger partial charge in [0.25, 0.3) is 0 Å². The van der Waals surface area contributed by atoms with Crippen molar-refractivity contribution < 1.29 is 15.0 Å². The minimum atomic E-state index is -1.00. The summed E-state index contributed by atoms with van der Waals surface area (Å²) in [4.78, 5) is 13.2. The number of carbonyl (C=O) groups is 1. The zero-order chi connectivity index (χ0) is 18.2. The van der Waals surface area contributed by atoms with E-state index in [0.29, 0.717) is 13.0 Å². The number of aliphatic hydroxyl groups is 1. The third kappa shape index (κ3) is 6.49. The van der Waals surface area contributed by atoms with E-state index >= 15 is 0 Å². The third-order valence-corrected chi connectivity index (χ3v) is 4.05. The molecule has 0 saturated carbocycles. The molecule has 1 aromatic carbocycles. The summed E-state index contributed by atoms with van der Waals surface area (Å²) in [5.41, 5.74) is 0.431. The van der Waals surface area contributed by atoms with Crippen LogP contribution in [0.15, 0.2) is 30.3 Å². The molecule has 0 unspecified atom stereocenters. The van der Waals surface area contributed by atoms with Gasteiger partial charge in [0, 0.05) is 12.1 Å². The molecule has 0 aliphatic heterocycles. The molecule has 1 amide bonds. The normalized spacial score (nSPS) is 14.2. The highest BCUT2D eigenvalue weighted by molar-refractivity contribution is 5.66. The Balaban J connectivity index is 2.94. The molecule has 0 heterocycles. The zero-order valence-electron chi connectivity index (χ0n) is 15.3. The van der Waals surface area contributed by atoms with Gasteiger partial charge < -0.3 is 15.5 Å². The fourth-order valence-corrected chi connectivity index (χ4v) is 2.87. The van der Waals surface area contributed by atoms with Gasteiger partial charge in [0.15, 0.2) is 0 Å². The second-order valence-corrected chi connectivity index (χ2v) is 7.21. The van der Waals surface area contributed by atoms with Gasteiger partial charge in [0.2, 0.25) is 0 Å². The van der Waals surface area contributed by atoms with E-state index in [1.807, 2.05) is 51.1 Å². The van der Waals surface area contributed by atoms with Crippen LogP contribution in [0, 0.1) is 0 Å². The van der Waals surface area contributed by atoms with Crippen LogP contribution in [0.4, 0.5) is 4.79 Å². The van der Waals surface area contributed by atoms with Crippen LogP contribution in [0.3, 0.4) is 0 Å². The van der Waals surface area contributed by atoms with Crippen molar-refractivity contribution in [2.75, 3.05) is 13.1 Å². The maximum Gasteiger partial charge on any atom is 0.408 e. The number of nitrogens with zero attached hydrogens (tertiary/aromatic N) is 1. The molecule has 0 aromatic heterocycles. The maximum absolute atomic E-state index is 11.9. The van der Waals surface area contributed by atoms with E-state index < -0.39 is 23.8 Å². The number of hydrogen-bond acceptors (Lipinski definition) is 3. The molecule has 24 heavy (non-hydrogen) atoms. The van der Waals surface area contributed by atoms with Crippen molar-refractivity contribution in [2.24, 2.45) is 0 Å². The molecule has 1 rings (SSSR count). The summed E-state index contributed by atoms with van der Waals surface area (Å²) >= 11 is 0. The van der Waals surface area contributed by atoms with Gasteiger partial charge in [-0.3, -0.25) is 4.90 Å². The molecular formula is C19H32N2O3. The minimum absolute atomic E-state index is 0.386. The van der Waals surface area contributed by atoms with Gasteiger partial charge in [-0.1, -0.05) is 43.7 Å². The Bertz CT molecular complexity index is 485. The predicted molar refractivity (Wildman–Crippen MR) is 97.3 cm³/mol. The summed E-state index contributed by atoms with van der Waals surface area (Å²) in [5, 5.41) is 23.6. The van der Waals surface area contributed by atoms with Crippen molar-refractivity contribution in [2.45, 2.75) is 64.6 Å². The summed E-state index contributed by atoms with van der Waals surface area (Å²) in [6, 6.07) is 9.22. The number of aliphatic hydroxyl groups excluding tert-OH is 1. The zero-order valence-corrected chi connectivity index (χ0v) is 15.3. The highest BCUT2D eigenvalue weighted by atomic mass is 16.4. The lowest BCUT2D eigenvalue weighted by molar-refractivity contribution is 0.00787. The van der Waals surface area contributed by atoms with Crippen molar-refractivity contribution in [1.82, 2.24) is 10.2 Å². The average Bonchev–Trinajstić information content (AvgIpc) is 2.50. The molecule has 0 aliphatic carbocycles. The molecule has 0 aliphatic rings. The fourth-order valence-electron chi connectivity index (χ4n) is 2.87. The Kier molecular flexibility index (Phi) is 8.22. The molecule has 3 N–H and O–H groups in total. The van der Waals surface area contributed by atoms with Gasteiger partial charge in [-0.15, -0.1) is 0 Å². The molecule has 0 radical (unpaired) electrons. The fraction of sp³-hybridized carbons (Fsp3) is 0.632. The van der Waals surface area contributed by atoms with Crippen molar-refractivity contribution >= 4 is 6.09 Å². The Hall–Kier alpha value is -1.59. The first-order valence-corrected chi connectivity index (χ1v) is 8.72. The average molecular weight is 336 g/mol. The Morgan fingerprint density at radius 2 is 1.88 bits per heavy atom. The quantitative estimate of drug-likeness (QED) is 0.606. The number of rotatable bonds is 9. The lowest BCUT2D eigenvalue weighted by Gasteiger charge is -2.42. The van der Waals surface area contributed by atoms with E-state index in [2.05, 4.69) is 12.2 Å². The highest BCUT2D eigenvalue weighted by Gasteiger charge is 2.37. The second kappa shape index (κ2) is 9.64. The van der Waals surface area contributed by atoms with Gasteiger partial charge in [-0.25, -0.2) is 4.79 Å². The first-order valence-electron chi connectivity index (χ1n) is 8.72. The SMILES string of the molecule is CCCCNC[C@H](O)[C@H](Cc1ccccc1)N(C(=O)O)C(C)(C)C. The van der Waals surface area contributed by atoms with Crippen LogP contribution < -0.4 is 5.32 Å². The van der Waals surface area contributed by atoms with Gasteiger partial charge in [0.05, 0.1) is 12.1 Å². The van der Waals surface area contributed by atoms with Crippen molar-refractivity contribution in [3.8, 4) is 0 Å². The van der Waals surface area contributed by atoms with Crippen LogP contribution in [0.1, 0.15) is 46.1 Å². The number of amides is 1. The van der Waals surface area contributed by atoms with Crippen molar-refractivity contribution in [3.63, 3.8) is 0 Å². The van der Waals surface area contributed by atoms with E-state index in [-0.39, 0.29) is 0 Å². The largest absolute Gasteiger partial charge is 0.465 e. The third-order valence-electron chi connectivity index (χ3n) is 4.05. The van der Waals surface area contributed by atoms with Crippen molar-refractivity contribution in [3.05, 3.63) is 35.9 Å². The van der Waals surface area contributed by atoms with Crippen LogP contribution in [-0.2, 0) is 6.42 Å². The van der Waals surface area contributed by atoms with Gasteiger partial charge >= 0.3 is 6.09 Å². The number of benzene rings is 1. The topological polar surface area (TPSA) is 72.8 Å². The minimum Gasteiger partial charge on any atom is -0.465 e. The molecule has 136 valence electrons. The molecule has 5 nitrogen and oxygen atoms in total. The summed E-state index contributed by atoms with van der Waals surface area (Å²) in [6.07, 6.45) is 0.840. The first kappa shape index (κ1) is 20.5. The van der Waals surface area contributed by atoms with Crippen LogP contribution >= 0.6 is 0 Å².